The number of nitrogens with zero attached hydrogens (tertiary/aromatic N) is 3. The molecule has 2 amide bonds. The molecule has 208 valence electrons. The largest absolute Gasteiger partial charge is 0.545 e. The van der Waals surface area contributed by atoms with Crippen LogP contribution in [-0.2, 0) is 19.2 Å². The zero-order valence-corrected chi connectivity index (χ0v) is 21.8. The maximum absolute atomic E-state index is 12.6. The third-order valence-corrected chi connectivity index (χ3v) is 5.96. The van der Waals surface area contributed by atoms with Crippen molar-refractivity contribution < 1.29 is 43.6 Å². The van der Waals surface area contributed by atoms with Gasteiger partial charge >= 0.3 is 0 Å². The highest BCUT2D eigenvalue weighted by molar-refractivity contribution is 5.92. The van der Waals surface area contributed by atoms with Crippen molar-refractivity contribution >= 4 is 29.8 Å². The van der Waals surface area contributed by atoms with E-state index >= 15 is 0 Å². The molecule has 0 aromatic heterocycles. The van der Waals surface area contributed by atoms with Crippen LogP contribution in [0.25, 0.3) is 6.08 Å². The Balaban J connectivity index is 0.000000550. The first-order chi connectivity index (χ1) is 18.2. The Kier molecular flexibility index (Phi) is 12.1. The van der Waals surface area contributed by atoms with Crippen LogP contribution in [0.4, 0.5) is 0 Å². The Bertz CT molecular complexity index is 999. The summed E-state index contributed by atoms with van der Waals surface area (Å²) in [6, 6.07) is 3.60. The van der Waals surface area contributed by atoms with Gasteiger partial charge in [0.2, 0.25) is 17.6 Å². The number of aliphatic carboxylic acids is 2. The lowest BCUT2D eigenvalue weighted by Gasteiger charge is -2.34. The minimum atomic E-state index is -1.55. The van der Waals surface area contributed by atoms with Gasteiger partial charge in [-0.05, 0) is 48.8 Å². The third-order valence-electron chi connectivity index (χ3n) is 5.96. The van der Waals surface area contributed by atoms with E-state index in [1.54, 1.807) is 45.6 Å². The highest BCUT2D eigenvalue weighted by atomic mass is 16.5. The van der Waals surface area contributed by atoms with E-state index in [4.69, 9.17) is 14.2 Å². The lowest BCUT2D eigenvalue weighted by molar-refractivity contribution is -0.301. The Morgan fingerprint density at radius 2 is 1.29 bits per heavy atom. The predicted molar refractivity (Wildman–Crippen MR) is 133 cm³/mol. The van der Waals surface area contributed by atoms with Crippen LogP contribution < -0.4 is 24.4 Å². The van der Waals surface area contributed by atoms with Crippen LogP contribution in [0.5, 0.6) is 17.2 Å². The van der Waals surface area contributed by atoms with E-state index < -0.39 is 11.9 Å². The summed E-state index contributed by atoms with van der Waals surface area (Å²) in [6.45, 7) is 4.86. The molecule has 0 aliphatic carbocycles. The Morgan fingerprint density at radius 1 is 0.763 bits per heavy atom. The van der Waals surface area contributed by atoms with Crippen LogP contribution >= 0.6 is 0 Å². The maximum atomic E-state index is 12.6. The molecule has 0 bridgehead atoms. The van der Waals surface area contributed by atoms with Crippen molar-refractivity contribution in [3.8, 4) is 17.2 Å². The van der Waals surface area contributed by atoms with Crippen molar-refractivity contribution in [1.29, 1.82) is 0 Å². The number of piperazine rings is 1. The SMILES string of the molecule is COc1cc(/C=C/C(=O)N2CCN(CC(=O)N3CCCC3)CC2)cc(OC)c1OC.O=C([O-])/C=C\C(=O)[O-]. The number of rotatable bonds is 9. The highest BCUT2D eigenvalue weighted by Crippen LogP contribution is 2.38. The molecule has 0 atom stereocenters. The molecule has 1 aromatic rings. The number of benzene rings is 1. The average Bonchev–Trinajstić information content (AvgIpc) is 3.46. The molecule has 0 unspecified atom stereocenters. The fourth-order valence-corrected chi connectivity index (χ4v) is 3.99. The summed E-state index contributed by atoms with van der Waals surface area (Å²) in [4.78, 5) is 49.6. The zero-order chi connectivity index (χ0) is 28.1. The molecule has 2 aliphatic heterocycles. The predicted octanol–water partition coefficient (Wildman–Crippen LogP) is -1.47. The summed E-state index contributed by atoms with van der Waals surface area (Å²) in [5, 5.41) is 18.8. The maximum Gasteiger partial charge on any atom is 0.246 e. The quantitative estimate of drug-likeness (QED) is 0.346. The first kappa shape index (κ1) is 30.2. The van der Waals surface area contributed by atoms with Gasteiger partial charge in [-0.2, -0.15) is 0 Å². The number of carbonyl (C=O) groups is 4. The van der Waals surface area contributed by atoms with Gasteiger partial charge in [0, 0.05) is 45.3 Å². The molecule has 0 saturated carbocycles. The molecule has 0 radical (unpaired) electrons. The normalized spacial score (nSPS) is 15.8. The number of likely N-dealkylation sites (tertiary alicyclic amines) is 1. The Labute approximate surface area is 221 Å². The molecule has 2 saturated heterocycles. The number of carboxylic acid groups (broad SMARTS) is 2. The molecule has 0 N–H and O–H groups in total. The van der Waals surface area contributed by atoms with Gasteiger partial charge in [0.05, 0.1) is 39.8 Å². The molecule has 12 heteroatoms. The second-order valence-electron chi connectivity index (χ2n) is 8.45. The van der Waals surface area contributed by atoms with Crippen molar-refractivity contribution in [3.05, 3.63) is 35.9 Å². The Morgan fingerprint density at radius 3 is 1.74 bits per heavy atom. The molecule has 2 heterocycles. The van der Waals surface area contributed by atoms with Gasteiger partial charge in [-0.25, -0.2) is 0 Å². The van der Waals surface area contributed by atoms with Gasteiger partial charge in [0.15, 0.2) is 11.5 Å². The van der Waals surface area contributed by atoms with Crippen LogP contribution in [0.2, 0.25) is 0 Å². The topological polar surface area (TPSA) is 152 Å². The summed E-state index contributed by atoms with van der Waals surface area (Å²) in [5.41, 5.74) is 0.785. The molecule has 38 heavy (non-hydrogen) atoms. The Hall–Kier alpha value is -4.06. The van der Waals surface area contributed by atoms with Gasteiger partial charge in [0.1, 0.15) is 0 Å². The van der Waals surface area contributed by atoms with Crippen molar-refractivity contribution in [2.24, 2.45) is 0 Å². The molecule has 12 nitrogen and oxygen atoms in total. The van der Waals surface area contributed by atoms with Crippen molar-refractivity contribution in [1.82, 2.24) is 14.7 Å². The molecule has 2 aliphatic rings. The van der Waals surface area contributed by atoms with E-state index in [0.29, 0.717) is 62.1 Å². The molecular formula is C26H33N3O9-2. The minimum Gasteiger partial charge on any atom is -0.545 e. The van der Waals surface area contributed by atoms with Crippen LogP contribution in [0, 0.1) is 0 Å². The summed E-state index contributed by atoms with van der Waals surface area (Å²) in [6.07, 6.45) is 6.28. The van der Waals surface area contributed by atoms with E-state index in [1.807, 2.05) is 9.80 Å². The van der Waals surface area contributed by atoms with Crippen molar-refractivity contribution in [2.45, 2.75) is 12.8 Å². The van der Waals surface area contributed by atoms with Crippen LogP contribution in [-0.4, -0.2) is 106 Å². The molecule has 3 rings (SSSR count). The van der Waals surface area contributed by atoms with Crippen LogP contribution in [0.15, 0.2) is 30.4 Å². The first-order valence-corrected chi connectivity index (χ1v) is 12.1. The monoisotopic (exact) mass is 531 g/mol. The van der Waals surface area contributed by atoms with Crippen molar-refractivity contribution in [3.63, 3.8) is 0 Å². The van der Waals surface area contributed by atoms with Gasteiger partial charge in [-0.1, -0.05) is 0 Å². The number of methoxy groups -OCH3 is 3. The summed E-state index contributed by atoms with van der Waals surface area (Å²) < 4.78 is 16.0. The standard InChI is InChI=1S/C22H31N3O5.C4H4O4/c1-28-18-14-17(15-19(29-2)22(18)30-3)6-7-20(26)25-12-10-23(11-13-25)16-21(27)24-8-4-5-9-24;5-3(6)1-2-4(7)8/h6-7,14-15H,4-5,8-13,16H2,1-3H3;1-2H,(H,5,6)(H,7,8)/p-2/b7-6+;2-1-. The number of carbonyl (C=O) groups excluding carboxylic acids is 4. The number of ether oxygens (including phenoxy) is 3. The average molecular weight is 532 g/mol. The molecule has 1 aromatic carbocycles. The van der Waals surface area contributed by atoms with E-state index in [-0.39, 0.29) is 11.8 Å². The number of amides is 2. The van der Waals surface area contributed by atoms with Crippen LogP contribution in [0.1, 0.15) is 18.4 Å². The van der Waals surface area contributed by atoms with Crippen LogP contribution in [0.3, 0.4) is 0 Å². The van der Waals surface area contributed by atoms with E-state index in [2.05, 4.69) is 4.90 Å². The molecule has 2 fully saturated rings. The van der Waals surface area contributed by atoms with E-state index in [1.165, 1.54) is 0 Å². The molecular weight excluding hydrogens is 498 g/mol. The van der Waals surface area contributed by atoms with Crippen molar-refractivity contribution in [2.75, 3.05) is 67.1 Å². The first-order valence-electron chi connectivity index (χ1n) is 12.1. The number of carboxylic acids is 2. The fourth-order valence-electron chi connectivity index (χ4n) is 3.99. The fraction of sp³-hybridized carbons (Fsp3) is 0.462. The van der Waals surface area contributed by atoms with E-state index in [0.717, 1.165) is 31.5 Å². The van der Waals surface area contributed by atoms with Gasteiger partial charge in [0.25, 0.3) is 0 Å². The lowest BCUT2D eigenvalue weighted by atomic mass is 10.1. The number of hydrogen-bond acceptors (Lipinski definition) is 10. The van der Waals surface area contributed by atoms with Gasteiger partial charge in [-0.15, -0.1) is 0 Å². The van der Waals surface area contributed by atoms with Gasteiger partial charge < -0.3 is 43.8 Å². The zero-order valence-electron chi connectivity index (χ0n) is 21.8. The summed E-state index contributed by atoms with van der Waals surface area (Å²) in [7, 11) is 4.67. The summed E-state index contributed by atoms with van der Waals surface area (Å²) >= 11 is 0. The minimum absolute atomic E-state index is 0.0470. The van der Waals surface area contributed by atoms with Gasteiger partial charge in [-0.3, -0.25) is 14.5 Å². The third kappa shape index (κ3) is 9.43. The smallest absolute Gasteiger partial charge is 0.246 e. The highest BCUT2D eigenvalue weighted by Gasteiger charge is 2.24. The van der Waals surface area contributed by atoms with E-state index in [9.17, 15) is 29.4 Å². The second kappa shape index (κ2) is 15.3. The summed E-state index contributed by atoms with van der Waals surface area (Å²) in [5.74, 6) is -1.34. The number of hydrogen-bond donors (Lipinski definition) is 0. The second-order valence-corrected chi connectivity index (χ2v) is 8.45. The molecule has 0 spiro atoms. The lowest BCUT2D eigenvalue weighted by Crippen LogP contribution is -2.51.